The lowest BCUT2D eigenvalue weighted by Gasteiger charge is -2.40. The van der Waals surface area contributed by atoms with E-state index in [1.165, 1.54) is 0 Å². The molecule has 94 valence electrons. The molecule has 0 aromatic heterocycles. The molecule has 0 fully saturated rings. The van der Waals surface area contributed by atoms with Gasteiger partial charge < -0.3 is 0 Å². The van der Waals surface area contributed by atoms with Crippen molar-refractivity contribution in [1.29, 1.82) is 0 Å². The van der Waals surface area contributed by atoms with Crippen molar-refractivity contribution >= 4 is 10.2 Å². The van der Waals surface area contributed by atoms with Crippen LogP contribution in [0.5, 0.6) is 0 Å². The van der Waals surface area contributed by atoms with Crippen LogP contribution in [0.1, 0.15) is 19.4 Å². The summed E-state index contributed by atoms with van der Waals surface area (Å²) < 4.78 is 61.7. The van der Waals surface area contributed by atoms with Crippen molar-refractivity contribution < 1.29 is 19.4 Å². The molecule has 0 saturated carbocycles. The van der Waals surface area contributed by atoms with Gasteiger partial charge in [-0.1, -0.05) is 45.4 Å². The van der Waals surface area contributed by atoms with E-state index in [0.29, 0.717) is 24.1 Å². The van der Waals surface area contributed by atoms with Gasteiger partial charge in [0.25, 0.3) is 0 Å². The fourth-order valence-electron chi connectivity index (χ4n) is 1.35. The van der Waals surface area contributed by atoms with Crippen LogP contribution < -0.4 is 0 Å². The average Bonchev–Trinajstić information content (AvgIpc) is 1.99. The molecule has 0 heterocycles. The lowest BCUT2D eigenvalue weighted by Crippen LogP contribution is -2.06. The Balaban J connectivity index is 3.06. The first-order valence-electron chi connectivity index (χ1n) is 4.71. The maximum Gasteiger partial charge on any atom is 0.310 e. The van der Waals surface area contributed by atoms with E-state index in [4.69, 9.17) is 0 Å². The van der Waals surface area contributed by atoms with Crippen LogP contribution in [0.15, 0.2) is 29.2 Å². The van der Waals surface area contributed by atoms with E-state index in [1.807, 2.05) is 13.8 Å². The van der Waals surface area contributed by atoms with Crippen molar-refractivity contribution in [2.24, 2.45) is 5.92 Å². The maximum absolute atomic E-state index is 12.3. The normalized spacial score (nSPS) is 17.0. The molecule has 0 amide bonds. The summed E-state index contributed by atoms with van der Waals surface area (Å²) in [6.45, 7) is 3.80. The van der Waals surface area contributed by atoms with Gasteiger partial charge in [-0.05, 0) is 30.0 Å². The Morgan fingerprint density at radius 2 is 1.38 bits per heavy atom. The fourth-order valence-corrected chi connectivity index (χ4v) is 2.00. The zero-order valence-electron chi connectivity index (χ0n) is 8.89. The highest BCUT2D eigenvalue weighted by Crippen LogP contribution is 3.02. The molecule has 0 aliphatic heterocycles. The van der Waals surface area contributed by atoms with Crippen LogP contribution >= 0.6 is 10.2 Å². The molecule has 0 saturated heterocycles. The van der Waals surface area contributed by atoms with E-state index >= 15 is 0 Å². The quantitative estimate of drug-likeness (QED) is 0.626. The van der Waals surface area contributed by atoms with Crippen molar-refractivity contribution in [3.8, 4) is 0 Å². The molecule has 1 aromatic carbocycles. The van der Waals surface area contributed by atoms with Crippen LogP contribution in [0.4, 0.5) is 19.4 Å². The lowest BCUT2D eigenvalue weighted by molar-refractivity contribution is 0.364. The van der Waals surface area contributed by atoms with Gasteiger partial charge in [0.2, 0.25) is 0 Å². The zero-order valence-corrected chi connectivity index (χ0v) is 9.71. The van der Waals surface area contributed by atoms with Crippen LogP contribution in [0.2, 0.25) is 0 Å². The zero-order chi connectivity index (χ0) is 12.7. The third kappa shape index (κ3) is 3.66. The first-order valence-corrected chi connectivity index (χ1v) is 6.66. The Morgan fingerprint density at radius 1 is 0.938 bits per heavy atom. The summed E-state index contributed by atoms with van der Waals surface area (Å²) in [6, 6.07) is 3.12. The van der Waals surface area contributed by atoms with Gasteiger partial charge >= 0.3 is 10.2 Å². The molecule has 0 N–H and O–H groups in total. The standard InChI is InChI=1S/C10H13F5S/c1-8(2)7-9-3-5-10(6-4-9)16(11,12,13,14)15/h3-6,8H,7H2,1-2H3. The monoisotopic (exact) mass is 260 g/mol. The molecule has 1 aromatic rings. The molecule has 6 heteroatoms. The second kappa shape index (κ2) is 3.12. The minimum absolute atomic E-state index is 0.269. The van der Waals surface area contributed by atoms with E-state index in [-0.39, 0.29) is 5.92 Å². The molecule has 16 heavy (non-hydrogen) atoms. The minimum Gasteiger partial charge on any atom is -0.0936 e. The largest absolute Gasteiger partial charge is 0.310 e. The lowest BCUT2D eigenvalue weighted by atomic mass is 10.0. The maximum atomic E-state index is 12.3. The highest BCUT2D eigenvalue weighted by atomic mass is 32.5. The third-order valence-electron chi connectivity index (χ3n) is 2.01. The number of benzene rings is 1. The van der Waals surface area contributed by atoms with E-state index in [9.17, 15) is 19.4 Å². The van der Waals surface area contributed by atoms with Gasteiger partial charge in [0.15, 0.2) is 0 Å². The molecule has 0 radical (unpaired) electrons. The van der Waals surface area contributed by atoms with E-state index in [2.05, 4.69) is 0 Å². The second-order valence-electron chi connectivity index (χ2n) is 4.21. The van der Waals surface area contributed by atoms with Gasteiger partial charge in [-0.3, -0.25) is 0 Å². The second-order valence-corrected chi connectivity index (χ2v) is 6.62. The first kappa shape index (κ1) is 13.3. The summed E-state index contributed by atoms with van der Waals surface area (Å²) in [4.78, 5) is -1.83. The Labute approximate surface area is 91.2 Å². The number of hydrogen-bond donors (Lipinski definition) is 0. The Kier molecular flexibility index (Phi) is 2.59. The van der Waals surface area contributed by atoms with Gasteiger partial charge in [0.05, 0.1) is 0 Å². The molecule has 0 aliphatic rings. The molecule has 0 spiro atoms. The molecular formula is C10H13F5S. The van der Waals surface area contributed by atoms with Crippen LogP contribution in [-0.2, 0) is 6.42 Å². The van der Waals surface area contributed by atoms with E-state index in [1.54, 1.807) is 0 Å². The average molecular weight is 260 g/mol. The molecule has 0 nitrogen and oxygen atoms in total. The smallest absolute Gasteiger partial charge is 0.0936 e. The summed E-state index contributed by atoms with van der Waals surface area (Å²) in [5.74, 6) is 0.269. The number of hydrogen-bond acceptors (Lipinski definition) is 0. The van der Waals surface area contributed by atoms with Gasteiger partial charge in [-0.25, -0.2) is 0 Å². The van der Waals surface area contributed by atoms with Crippen molar-refractivity contribution in [2.45, 2.75) is 25.2 Å². The summed E-state index contributed by atoms with van der Waals surface area (Å²) >= 11 is 0. The molecule has 0 aliphatic carbocycles. The summed E-state index contributed by atoms with van der Waals surface area (Å²) in [5, 5.41) is 0. The van der Waals surface area contributed by atoms with Gasteiger partial charge in [0, 0.05) is 0 Å². The number of rotatable bonds is 3. The molecular weight excluding hydrogens is 247 g/mol. The number of halogens is 5. The fraction of sp³-hybridized carbons (Fsp3) is 0.400. The van der Waals surface area contributed by atoms with Crippen LogP contribution in [0.3, 0.4) is 0 Å². The highest BCUT2D eigenvalue weighted by molar-refractivity contribution is 8.45. The van der Waals surface area contributed by atoms with Gasteiger partial charge in [0.1, 0.15) is 4.90 Å². The topological polar surface area (TPSA) is 0 Å². The van der Waals surface area contributed by atoms with Crippen LogP contribution in [-0.4, -0.2) is 0 Å². The van der Waals surface area contributed by atoms with Crippen molar-refractivity contribution in [3.63, 3.8) is 0 Å². The van der Waals surface area contributed by atoms with Crippen LogP contribution in [0.25, 0.3) is 0 Å². The molecule has 0 unspecified atom stereocenters. The SMILES string of the molecule is CC(C)Cc1ccc(S(F)(F)(F)(F)F)cc1. The van der Waals surface area contributed by atoms with E-state index < -0.39 is 15.1 Å². The Morgan fingerprint density at radius 3 is 1.69 bits per heavy atom. The molecule has 1 rings (SSSR count). The third-order valence-corrected chi connectivity index (χ3v) is 3.18. The Hall–Kier alpha value is -0.780. The first-order chi connectivity index (χ1) is 6.88. The van der Waals surface area contributed by atoms with Crippen LogP contribution in [0, 0.1) is 5.92 Å². The van der Waals surface area contributed by atoms with Crippen molar-refractivity contribution in [1.82, 2.24) is 0 Å². The van der Waals surface area contributed by atoms with Gasteiger partial charge in [-0.15, -0.1) is 0 Å². The van der Waals surface area contributed by atoms with Crippen molar-refractivity contribution in [2.75, 3.05) is 0 Å². The predicted octanol–water partition coefficient (Wildman–Crippen LogP) is 5.54. The van der Waals surface area contributed by atoms with Crippen molar-refractivity contribution in [3.05, 3.63) is 29.8 Å². The van der Waals surface area contributed by atoms with Gasteiger partial charge in [-0.2, -0.15) is 0 Å². The predicted molar refractivity (Wildman–Crippen MR) is 56.4 cm³/mol. The minimum atomic E-state index is -9.50. The highest BCUT2D eigenvalue weighted by Gasteiger charge is 2.65. The van der Waals surface area contributed by atoms with E-state index in [0.717, 1.165) is 12.1 Å². The Bertz CT molecular complexity index is 375. The molecule has 0 bridgehead atoms. The summed E-state index contributed by atoms with van der Waals surface area (Å²) in [6.07, 6.45) is 0.570. The summed E-state index contributed by atoms with van der Waals surface area (Å²) in [5.41, 5.74) is 0.626. The summed E-state index contributed by atoms with van der Waals surface area (Å²) in [7, 11) is -9.50. The molecule has 0 atom stereocenters.